The van der Waals surface area contributed by atoms with E-state index in [9.17, 15) is 9.59 Å². The van der Waals surface area contributed by atoms with Gasteiger partial charge < -0.3 is 15.0 Å². The minimum atomic E-state index is -0.207. The quantitative estimate of drug-likeness (QED) is 0.846. The number of methoxy groups -OCH3 is 1. The van der Waals surface area contributed by atoms with E-state index in [1.807, 2.05) is 48.5 Å². The summed E-state index contributed by atoms with van der Waals surface area (Å²) < 4.78 is 5.12. The monoisotopic (exact) mass is 368 g/mol. The summed E-state index contributed by atoms with van der Waals surface area (Å²) in [5.41, 5.74) is 2.90. The number of carbonyl (C=O) groups is 2. The molecule has 0 unspecified atom stereocenters. The molecular weight excluding hydrogens is 340 g/mol. The van der Waals surface area contributed by atoms with Crippen LogP contribution in [-0.2, 0) is 21.5 Å². The van der Waals surface area contributed by atoms with Crippen molar-refractivity contribution in [3.8, 4) is 5.75 Å². The molecule has 144 valence electrons. The molecule has 0 aliphatic heterocycles. The van der Waals surface area contributed by atoms with Gasteiger partial charge in [-0.2, -0.15) is 0 Å². The third kappa shape index (κ3) is 5.84. The van der Waals surface area contributed by atoms with Crippen molar-refractivity contribution in [2.24, 2.45) is 0 Å². The van der Waals surface area contributed by atoms with E-state index in [-0.39, 0.29) is 23.8 Å². The first-order valence-electron chi connectivity index (χ1n) is 8.99. The SMILES string of the molecule is COc1ccc(CNC(=O)CN(C(C)=O)c2ccc(C(C)(C)C)cc2)cc1. The van der Waals surface area contributed by atoms with Crippen molar-refractivity contribution >= 4 is 17.5 Å². The summed E-state index contributed by atoms with van der Waals surface area (Å²) >= 11 is 0. The standard InChI is InChI=1S/C22H28N2O3/c1-16(25)24(19-10-8-18(9-11-19)22(2,3)4)15-21(26)23-14-17-6-12-20(27-5)13-7-17/h6-13H,14-15H2,1-5H3,(H,23,26). The van der Waals surface area contributed by atoms with Crippen molar-refractivity contribution in [3.05, 3.63) is 59.7 Å². The van der Waals surface area contributed by atoms with Gasteiger partial charge in [0.15, 0.2) is 0 Å². The van der Waals surface area contributed by atoms with Crippen LogP contribution in [0, 0.1) is 0 Å². The Morgan fingerprint density at radius 1 is 1.00 bits per heavy atom. The zero-order valence-corrected chi connectivity index (χ0v) is 16.7. The molecule has 0 aliphatic rings. The summed E-state index contributed by atoms with van der Waals surface area (Å²) in [6.07, 6.45) is 0. The van der Waals surface area contributed by atoms with Gasteiger partial charge in [0.05, 0.1) is 7.11 Å². The predicted molar refractivity (Wildman–Crippen MR) is 108 cm³/mol. The largest absolute Gasteiger partial charge is 0.497 e. The maximum atomic E-state index is 12.3. The molecule has 2 rings (SSSR count). The summed E-state index contributed by atoms with van der Waals surface area (Å²) in [6.45, 7) is 8.26. The molecule has 0 radical (unpaired) electrons. The number of amides is 2. The minimum absolute atomic E-state index is 0.0135. The van der Waals surface area contributed by atoms with Crippen molar-refractivity contribution in [2.75, 3.05) is 18.6 Å². The van der Waals surface area contributed by atoms with E-state index in [1.165, 1.54) is 17.4 Å². The first kappa shape index (κ1) is 20.5. The summed E-state index contributed by atoms with van der Waals surface area (Å²) in [5, 5.41) is 2.85. The Hall–Kier alpha value is -2.82. The number of carbonyl (C=O) groups excluding carboxylic acids is 2. The van der Waals surface area contributed by atoms with Crippen molar-refractivity contribution in [1.82, 2.24) is 5.32 Å². The van der Waals surface area contributed by atoms with E-state index in [4.69, 9.17) is 4.74 Å². The van der Waals surface area contributed by atoms with Gasteiger partial charge in [0.2, 0.25) is 11.8 Å². The number of rotatable bonds is 6. The first-order chi connectivity index (χ1) is 12.7. The lowest BCUT2D eigenvalue weighted by Crippen LogP contribution is -2.39. The molecule has 2 aromatic rings. The number of anilines is 1. The van der Waals surface area contributed by atoms with Gasteiger partial charge in [0.1, 0.15) is 12.3 Å². The van der Waals surface area contributed by atoms with E-state index in [0.717, 1.165) is 17.0 Å². The minimum Gasteiger partial charge on any atom is -0.497 e. The van der Waals surface area contributed by atoms with Gasteiger partial charge in [-0.1, -0.05) is 45.0 Å². The van der Waals surface area contributed by atoms with Crippen molar-refractivity contribution in [2.45, 2.75) is 39.7 Å². The molecule has 5 heteroatoms. The van der Waals surface area contributed by atoms with Crippen LogP contribution >= 0.6 is 0 Å². The van der Waals surface area contributed by atoms with E-state index in [0.29, 0.717) is 6.54 Å². The highest BCUT2D eigenvalue weighted by atomic mass is 16.5. The predicted octanol–water partition coefficient (Wildman–Crippen LogP) is 3.66. The zero-order chi connectivity index (χ0) is 20.0. The third-order valence-electron chi connectivity index (χ3n) is 4.38. The van der Waals surface area contributed by atoms with Gasteiger partial charge in [0, 0.05) is 19.2 Å². The second kappa shape index (κ2) is 8.71. The normalized spacial score (nSPS) is 11.0. The Bertz CT molecular complexity index is 775. The molecule has 0 bridgehead atoms. The summed E-state index contributed by atoms with van der Waals surface area (Å²) in [6, 6.07) is 15.3. The van der Waals surface area contributed by atoms with Crippen LogP contribution in [-0.4, -0.2) is 25.5 Å². The van der Waals surface area contributed by atoms with E-state index in [2.05, 4.69) is 26.1 Å². The maximum absolute atomic E-state index is 12.3. The lowest BCUT2D eigenvalue weighted by molar-refractivity contribution is -0.123. The average Bonchev–Trinajstić information content (AvgIpc) is 2.64. The highest BCUT2D eigenvalue weighted by molar-refractivity contribution is 5.97. The van der Waals surface area contributed by atoms with Crippen LogP contribution in [0.3, 0.4) is 0 Å². The Morgan fingerprint density at radius 3 is 2.07 bits per heavy atom. The third-order valence-corrected chi connectivity index (χ3v) is 4.38. The second-order valence-corrected chi connectivity index (χ2v) is 7.53. The molecule has 0 aliphatic carbocycles. The zero-order valence-electron chi connectivity index (χ0n) is 16.7. The lowest BCUT2D eigenvalue weighted by Gasteiger charge is -2.23. The molecule has 5 nitrogen and oxygen atoms in total. The molecule has 0 atom stereocenters. The summed E-state index contributed by atoms with van der Waals surface area (Å²) in [4.78, 5) is 25.8. The van der Waals surface area contributed by atoms with Crippen LogP contribution in [0.5, 0.6) is 5.75 Å². The molecular formula is C22H28N2O3. The number of nitrogens with one attached hydrogen (secondary N) is 1. The fourth-order valence-electron chi connectivity index (χ4n) is 2.67. The smallest absolute Gasteiger partial charge is 0.240 e. The molecule has 0 saturated carbocycles. The molecule has 0 fully saturated rings. The second-order valence-electron chi connectivity index (χ2n) is 7.53. The fourth-order valence-corrected chi connectivity index (χ4v) is 2.67. The number of benzene rings is 2. The van der Waals surface area contributed by atoms with Crippen LogP contribution in [0.15, 0.2) is 48.5 Å². The van der Waals surface area contributed by atoms with E-state index in [1.54, 1.807) is 7.11 Å². The summed E-state index contributed by atoms with van der Waals surface area (Å²) in [5.74, 6) is 0.394. The first-order valence-corrected chi connectivity index (χ1v) is 8.99. The Balaban J connectivity index is 2.00. The number of nitrogens with zero attached hydrogens (tertiary/aromatic N) is 1. The molecule has 0 saturated heterocycles. The number of hydrogen-bond acceptors (Lipinski definition) is 3. The van der Waals surface area contributed by atoms with Gasteiger partial charge in [-0.15, -0.1) is 0 Å². The van der Waals surface area contributed by atoms with Crippen molar-refractivity contribution in [3.63, 3.8) is 0 Å². The van der Waals surface area contributed by atoms with Crippen molar-refractivity contribution in [1.29, 1.82) is 0 Å². The molecule has 27 heavy (non-hydrogen) atoms. The van der Waals surface area contributed by atoms with Crippen molar-refractivity contribution < 1.29 is 14.3 Å². The van der Waals surface area contributed by atoms with E-state index >= 15 is 0 Å². The average molecular weight is 368 g/mol. The van der Waals surface area contributed by atoms with Gasteiger partial charge in [-0.3, -0.25) is 9.59 Å². The van der Waals surface area contributed by atoms with Crippen LogP contribution in [0.25, 0.3) is 0 Å². The fraction of sp³-hybridized carbons (Fsp3) is 0.364. The molecule has 0 aromatic heterocycles. The summed E-state index contributed by atoms with van der Waals surface area (Å²) in [7, 11) is 1.61. The Labute approximate surface area is 161 Å². The number of ether oxygens (including phenoxy) is 1. The molecule has 2 aromatic carbocycles. The Kier molecular flexibility index (Phi) is 6.61. The molecule has 2 amide bonds. The van der Waals surface area contributed by atoms with Gasteiger partial charge in [-0.05, 0) is 40.8 Å². The topological polar surface area (TPSA) is 58.6 Å². The van der Waals surface area contributed by atoms with Crippen LogP contribution in [0.1, 0.15) is 38.8 Å². The number of hydrogen-bond donors (Lipinski definition) is 1. The maximum Gasteiger partial charge on any atom is 0.240 e. The van der Waals surface area contributed by atoms with Gasteiger partial charge >= 0.3 is 0 Å². The molecule has 0 spiro atoms. The van der Waals surface area contributed by atoms with Gasteiger partial charge in [-0.25, -0.2) is 0 Å². The lowest BCUT2D eigenvalue weighted by atomic mass is 9.87. The Morgan fingerprint density at radius 2 is 1.59 bits per heavy atom. The van der Waals surface area contributed by atoms with Crippen LogP contribution in [0.2, 0.25) is 0 Å². The highest BCUT2D eigenvalue weighted by Gasteiger charge is 2.18. The highest BCUT2D eigenvalue weighted by Crippen LogP contribution is 2.25. The van der Waals surface area contributed by atoms with Crippen LogP contribution in [0.4, 0.5) is 5.69 Å². The van der Waals surface area contributed by atoms with Crippen LogP contribution < -0.4 is 15.0 Å². The van der Waals surface area contributed by atoms with E-state index < -0.39 is 0 Å². The van der Waals surface area contributed by atoms with Gasteiger partial charge in [0.25, 0.3) is 0 Å². The molecule has 1 N–H and O–H groups in total. The molecule has 0 heterocycles.